The molecule has 2 N–H and O–H groups in total. The van der Waals surface area contributed by atoms with Crippen LogP contribution in [0.3, 0.4) is 0 Å². The van der Waals surface area contributed by atoms with Crippen molar-refractivity contribution in [2.75, 3.05) is 6.61 Å². The predicted octanol–water partition coefficient (Wildman–Crippen LogP) is 2.28. The third kappa shape index (κ3) is 2.96. The molecule has 0 aromatic carbocycles. The van der Waals surface area contributed by atoms with E-state index < -0.39 is 0 Å². The fraction of sp³-hybridized carbons (Fsp3) is 0.533. The average molecular weight is 261 g/mol. The van der Waals surface area contributed by atoms with E-state index in [0.717, 1.165) is 30.7 Å². The molecule has 1 unspecified atom stereocenters. The van der Waals surface area contributed by atoms with Crippen molar-refractivity contribution in [3.63, 3.8) is 0 Å². The Bertz CT molecular complexity index is 549. The van der Waals surface area contributed by atoms with E-state index in [1.807, 2.05) is 31.3 Å². The Hall–Kier alpha value is -1.39. The Morgan fingerprint density at radius 3 is 2.89 bits per heavy atom. The highest BCUT2D eigenvalue weighted by atomic mass is 16.3. The number of aliphatic hydroxyl groups is 1. The summed E-state index contributed by atoms with van der Waals surface area (Å²) in [6.07, 6.45) is 3.80. The maximum atomic E-state index is 9.16. The second-order valence-corrected chi connectivity index (χ2v) is 5.31. The zero-order chi connectivity index (χ0) is 13.9. The standard InChI is InChI=1S/C15H23N3O/c1-4-15(3,8-10-19)16-11-13-12(2)17-14-7-5-6-9-18(13)14/h5-7,9,16,19H,4,8,10-11H2,1-3H3. The molecule has 2 aromatic heterocycles. The van der Waals surface area contributed by atoms with Gasteiger partial charge in [-0.15, -0.1) is 0 Å². The quantitative estimate of drug-likeness (QED) is 0.838. The summed E-state index contributed by atoms with van der Waals surface area (Å²) in [5, 5.41) is 12.7. The first kappa shape index (κ1) is 14.0. The monoisotopic (exact) mass is 261 g/mol. The summed E-state index contributed by atoms with van der Waals surface area (Å²) < 4.78 is 2.12. The molecule has 19 heavy (non-hydrogen) atoms. The van der Waals surface area contributed by atoms with Crippen LogP contribution >= 0.6 is 0 Å². The molecule has 0 saturated heterocycles. The summed E-state index contributed by atoms with van der Waals surface area (Å²) in [7, 11) is 0. The third-order valence-electron chi connectivity index (χ3n) is 3.96. The molecule has 0 aliphatic rings. The van der Waals surface area contributed by atoms with Crippen molar-refractivity contribution in [2.24, 2.45) is 0 Å². The molecule has 0 aliphatic carbocycles. The highest BCUT2D eigenvalue weighted by Crippen LogP contribution is 2.17. The number of imidazole rings is 1. The number of nitrogens with zero attached hydrogens (tertiary/aromatic N) is 2. The van der Waals surface area contributed by atoms with E-state index >= 15 is 0 Å². The summed E-state index contributed by atoms with van der Waals surface area (Å²) in [6.45, 7) is 7.32. The summed E-state index contributed by atoms with van der Waals surface area (Å²) in [6, 6.07) is 6.04. The van der Waals surface area contributed by atoms with Crippen LogP contribution in [0, 0.1) is 6.92 Å². The lowest BCUT2D eigenvalue weighted by Crippen LogP contribution is -2.42. The van der Waals surface area contributed by atoms with Gasteiger partial charge in [0.1, 0.15) is 5.65 Å². The zero-order valence-corrected chi connectivity index (χ0v) is 12.0. The lowest BCUT2D eigenvalue weighted by molar-refractivity contribution is 0.214. The van der Waals surface area contributed by atoms with Gasteiger partial charge in [-0.25, -0.2) is 4.98 Å². The van der Waals surface area contributed by atoms with Crippen molar-refractivity contribution >= 4 is 5.65 Å². The van der Waals surface area contributed by atoms with Crippen LogP contribution in [0.2, 0.25) is 0 Å². The van der Waals surface area contributed by atoms with Gasteiger partial charge in [-0.05, 0) is 38.8 Å². The molecule has 0 aliphatic heterocycles. The van der Waals surface area contributed by atoms with Crippen molar-refractivity contribution in [3.05, 3.63) is 35.8 Å². The van der Waals surface area contributed by atoms with Gasteiger partial charge in [0.2, 0.25) is 0 Å². The zero-order valence-electron chi connectivity index (χ0n) is 12.0. The summed E-state index contributed by atoms with van der Waals surface area (Å²) in [5.74, 6) is 0. The second-order valence-electron chi connectivity index (χ2n) is 5.31. The molecule has 0 bridgehead atoms. The Balaban J connectivity index is 2.19. The smallest absolute Gasteiger partial charge is 0.137 e. The van der Waals surface area contributed by atoms with Crippen LogP contribution in [0.15, 0.2) is 24.4 Å². The van der Waals surface area contributed by atoms with Crippen LogP contribution in [0.4, 0.5) is 0 Å². The maximum Gasteiger partial charge on any atom is 0.137 e. The molecular weight excluding hydrogens is 238 g/mol. The van der Waals surface area contributed by atoms with E-state index in [4.69, 9.17) is 5.11 Å². The number of rotatable bonds is 6. The minimum absolute atomic E-state index is 0.0277. The van der Waals surface area contributed by atoms with Crippen LogP contribution in [0.5, 0.6) is 0 Å². The summed E-state index contributed by atoms with van der Waals surface area (Å²) in [4.78, 5) is 4.56. The topological polar surface area (TPSA) is 49.6 Å². The van der Waals surface area contributed by atoms with Gasteiger partial charge >= 0.3 is 0 Å². The van der Waals surface area contributed by atoms with Gasteiger partial charge in [0.25, 0.3) is 0 Å². The maximum absolute atomic E-state index is 9.16. The largest absolute Gasteiger partial charge is 0.396 e. The molecule has 0 saturated carbocycles. The molecule has 2 aromatic rings. The molecule has 4 heteroatoms. The van der Waals surface area contributed by atoms with Crippen molar-refractivity contribution in [1.29, 1.82) is 0 Å². The minimum Gasteiger partial charge on any atom is -0.396 e. The lowest BCUT2D eigenvalue weighted by Gasteiger charge is -2.29. The summed E-state index contributed by atoms with van der Waals surface area (Å²) >= 11 is 0. The van der Waals surface area contributed by atoms with Crippen molar-refractivity contribution in [3.8, 4) is 0 Å². The highest BCUT2D eigenvalue weighted by Gasteiger charge is 2.21. The van der Waals surface area contributed by atoms with E-state index in [0.29, 0.717) is 0 Å². The molecule has 0 spiro atoms. The first-order valence-corrected chi connectivity index (χ1v) is 6.88. The lowest BCUT2D eigenvalue weighted by atomic mass is 9.95. The number of hydrogen-bond donors (Lipinski definition) is 2. The van der Waals surface area contributed by atoms with Gasteiger partial charge in [-0.2, -0.15) is 0 Å². The fourth-order valence-electron chi connectivity index (χ4n) is 2.31. The third-order valence-corrected chi connectivity index (χ3v) is 3.96. The van der Waals surface area contributed by atoms with Crippen LogP contribution in [0.25, 0.3) is 5.65 Å². The van der Waals surface area contributed by atoms with Crippen LogP contribution in [-0.2, 0) is 6.54 Å². The molecule has 104 valence electrons. The van der Waals surface area contributed by atoms with Gasteiger partial charge in [0, 0.05) is 24.9 Å². The normalized spacial score (nSPS) is 14.7. The number of aromatic nitrogens is 2. The molecule has 2 rings (SSSR count). The Labute approximate surface area is 114 Å². The molecule has 4 nitrogen and oxygen atoms in total. The van der Waals surface area contributed by atoms with E-state index in [-0.39, 0.29) is 12.1 Å². The average Bonchev–Trinajstić information content (AvgIpc) is 2.72. The van der Waals surface area contributed by atoms with Crippen LogP contribution in [0.1, 0.15) is 38.1 Å². The summed E-state index contributed by atoms with van der Waals surface area (Å²) in [5.41, 5.74) is 3.20. The number of aryl methyl sites for hydroxylation is 1. The van der Waals surface area contributed by atoms with Crippen molar-refractivity contribution in [1.82, 2.24) is 14.7 Å². The van der Waals surface area contributed by atoms with Gasteiger partial charge in [0.15, 0.2) is 0 Å². The van der Waals surface area contributed by atoms with Crippen molar-refractivity contribution < 1.29 is 5.11 Å². The second kappa shape index (κ2) is 5.72. The van der Waals surface area contributed by atoms with Crippen molar-refractivity contribution in [2.45, 2.75) is 45.7 Å². The highest BCUT2D eigenvalue weighted by molar-refractivity contribution is 5.42. The predicted molar refractivity (Wildman–Crippen MR) is 77.2 cm³/mol. The number of pyridine rings is 1. The number of hydrogen-bond acceptors (Lipinski definition) is 3. The van der Waals surface area contributed by atoms with E-state index in [9.17, 15) is 0 Å². The molecule has 1 atom stereocenters. The van der Waals surface area contributed by atoms with Crippen LogP contribution < -0.4 is 5.32 Å². The SMILES string of the molecule is CCC(C)(CCO)NCc1c(C)nc2ccccn12. The Morgan fingerprint density at radius 2 is 2.21 bits per heavy atom. The van der Waals surface area contributed by atoms with E-state index in [1.165, 1.54) is 5.69 Å². The number of aliphatic hydroxyl groups excluding tert-OH is 1. The molecule has 2 heterocycles. The van der Waals surface area contributed by atoms with E-state index in [2.05, 4.69) is 28.5 Å². The minimum atomic E-state index is -0.0277. The number of nitrogens with one attached hydrogen (secondary N) is 1. The molecule has 0 radical (unpaired) electrons. The van der Waals surface area contributed by atoms with Gasteiger partial charge in [0.05, 0.1) is 11.4 Å². The molecule has 0 fully saturated rings. The molecule has 0 amide bonds. The Morgan fingerprint density at radius 1 is 1.42 bits per heavy atom. The van der Waals surface area contributed by atoms with Gasteiger partial charge < -0.3 is 14.8 Å². The van der Waals surface area contributed by atoms with Crippen LogP contribution in [-0.4, -0.2) is 26.6 Å². The number of fused-ring (bicyclic) bond motifs is 1. The fourth-order valence-corrected chi connectivity index (χ4v) is 2.31. The van der Waals surface area contributed by atoms with Gasteiger partial charge in [-0.3, -0.25) is 0 Å². The first-order valence-electron chi connectivity index (χ1n) is 6.88. The van der Waals surface area contributed by atoms with E-state index in [1.54, 1.807) is 0 Å². The Kier molecular flexibility index (Phi) is 4.22. The first-order chi connectivity index (χ1) is 9.09. The van der Waals surface area contributed by atoms with Gasteiger partial charge in [-0.1, -0.05) is 13.0 Å². The molecular formula is C15H23N3O.